The predicted molar refractivity (Wildman–Crippen MR) is 83.7 cm³/mol. The van der Waals surface area contributed by atoms with Gasteiger partial charge >= 0.3 is 0 Å². The zero-order chi connectivity index (χ0) is 15.2. The van der Waals surface area contributed by atoms with Crippen LogP contribution in [0.15, 0.2) is 0 Å². The molecule has 0 amide bonds. The molecule has 1 saturated carbocycles. The third-order valence-corrected chi connectivity index (χ3v) is 6.42. The fourth-order valence-electron chi connectivity index (χ4n) is 2.71. The van der Waals surface area contributed by atoms with E-state index in [1.165, 1.54) is 17.1 Å². The minimum absolute atomic E-state index is 0.0221. The predicted octanol–water partition coefficient (Wildman–Crippen LogP) is 1.95. The molecule has 0 aromatic heterocycles. The Morgan fingerprint density at radius 3 is 2.15 bits per heavy atom. The smallest absolute Gasteiger partial charge is 0.282 e. The summed E-state index contributed by atoms with van der Waals surface area (Å²) in [5.74, 6) is 0. The van der Waals surface area contributed by atoms with Crippen LogP contribution in [0.4, 0.5) is 0 Å². The van der Waals surface area contributed by atoms with Crippen molar-refractivity contribution in [3.63, 3.8) is 0 Å². The first-order valence-corrected chi connectivity index (χ1v) is 9.25. The summed E-state index contributed by atoms with van der Waals surface area (Å²) >= 11 is 0. The van der Waals surface area contributed by atoms with Crippen LogP contribution in [0.5, 0.6) is 0 Å². The van der Waals surface area contributed by atoms with Gasteiger partial charge in [0.1, 0.15) is 0 Å². The lowest BCUT2D eigenvalue weighted by Crippen LogP contribution is -2.49. The summed E-state index contributed by atoms with van der Waals surface area (Å²) in [4.78, 5) is 0. The quantitative estimate of drug-likeness (QED) is 0.731. The summed E-state index contributed by atoms with van der Waals surface area (Å²) in [6.45, 7) is 4.89. The normalized spacial score (nSPS) is 18.9. The molecule has 2 N–H and O–H groups in total. The van der Waals surface area contributed by atoms with Crippen molar-refractivity contribution < 1.29 is 8.42 Å². The number of rotatable bonds is 7. The van der Waals surface area contributed by atoms with Crippen LogP contribution in [0.2, 0.25) is 0 Å². The third-order valence-electron chi connectivity index (χ3n) is 4.20. The molecular weight excluding hydrogens is 274 g/mol. The van der Waals surface area contributed by atoms with E-state index in [4.69, 9.17) is 5.73 Å². The maximum atomic E-state index is 12.8. The standard InChI is InChI=1S/C14H31N3O2S/c1-13(2)16(3)20(18,19)17(12-8-11-15)14-9-6-4-5-7-10-14/h13-14H,4-12,15H2,1-3H3. The lowest BCUT2D eigenvalue weighted by atomic mass is 10.1. The summed E-state index contributed by atoms with van der Waals surface area (Å²) in [6.07, 6.45) is 7.39. The van der Waals surface area contributed by atoms with Crippen molar-refractivity contribution >= 4 is 10.2 Å². The molecule has 1 aliphatic carbocycles. The molecule has 1 fully saturated rings. The Hall–Kier alpha value is -0.170. The lowest BCUT2D eigenvalue weighted by molar-refractivity contribution is 0.260. The maximum absolute atomic E-state index is 12.8. The first-order valence-electron chi connectivity index (χ1n) is 7.86. The molecule has 5 nitrogen and oxygen atoms in total. The molecule has 120 valence electrons. The molecule has 0 atom stereocenters. The van der Waals surface area contributed by atoms with E-state index in [2.05, 4.69) is 0 Å². The van der Waals surface area contributed by atoms with E-state index in [9.17, 15) is 8.42 Å². The molecule has 0 heterocycles. The van der Waals surface area contributed by atoms with Gasteiger partial charge in [-0.1, -0.05) is 25.7 Å². The molecule has 0 radical (unpaired) electrons. The monoisotopic (exact) mass is 305 g/mol. The van der Waals surface area contributed by atoms with Crippen molar-refractivity contribution in [2.75, 3.05) is 20.1 Å². The van der Waals surface area contributed by atoms with Crippen molar-refractivity contribution in [3.05, 3.63) is 0 Å². The highest BCUT2D eigenvalue weighted by Gasteiger charge is 2.33. The zero-order valence-electron chi connectivity index (χ0n) is 13.2. The molecule has 0 aliphatic heterocycles. The molecule has 6 heteroatoms. The van der Waals surface area contributed by atoms with Crippen LogP contribution < -0.4 is 5.73 Å². The first kappa shape index (κ1) is 17.9. The van der Waals surface area contributed by atoms with Gasteiger partial charge in [0.05, 0.1) is 0 Å². The Balaban J connectivity index is 2.91. The van der Waals surface area contributed by atoms with Gasteiger partial charge in [-0.3, -0.25) is 0 Å². The van der Waals surface area contributed by atoms with Crippen LogP contribution in [-0.2, 0) is 10.2 Å². The van der Waals surface area contributed by atoms with Crippen molar-refractivity contribution in [1.29, 1.82) is 0 Å². The van der Waals surface area contributed by atoms with E-state index in [-0.39, 0.29) is 12.1 Å². The van der Waals surface area contributed by atoms with E-state index < -0.39 is 10.2 Å². The second-order valence-corrected chi connectivity index (χ2v) is 7.96. The van der Waals surface area contributed by atoms with Gasteiger partial charge in [-0.2, -0.15) is 17.0 Å². The number of nitrogens with two attached hydrogens (primary N) is 1. The minimum atomic E-state index is -3.38. The van der Waals surface area contributed by atoms with Crippen LogP contribution in [0, 0.1) is 0 Å². The van der Waals surface area contributed by atoms with Gasteiger partial charge in [-0.25, -0.2) is 0 Å². The molecule has 0 aromatic carbocycles. The number of nitrogens with zero attached hydrogens (tertiary/aromatic N) is 2. The molecule has 0 aromatic rings. The van der Waals surface area contributed by atoms with Crippen molar-refractivity contribution in [2.24, 2.45) is 5.73 Å². The third kappa shape index (κ3) is 4.69. The van der Waals surface area contributed by atoms with Gasteiger partial charge in [-0.15, -0.1) is 0 Å². The summed E-state index contributed by atoms with van der Waals surface area (Å²) in [6, 6.07) is 0.126. The fraction of sp³-hybridized carbons (Fsp3) is 1.00. The fourth-order valence-corrected chi connectivity index (χ4v) is 4.52. The molecule has 0 unspecified atom stereocenters. The highest BCUT2D eigenvalue weighted by molar-refractivity contribution is 7.86. The van der Waals surface area contributed by atoms with Gasteiger partial charge in [0.25, 0.3) is 10.2 Å². The average molecular weight is 305 g/mol. The molecule has 1 rings (SSSR count). The van der Waals surface area contributed by atoms with Gasteiger partial charge < -0.3 is 5.73 Å². The van der Waals surface area contributed by atoms with E-state index in [1.807, 2.05) is 13.8 Å². The Kier molecular flexibility index (Phi) is 7.43. The first-order chi connectivity index (χ1) is 9.41. The average Bonchev–Trinajstić information content (AvgIpc) is 2.67. The molecular formula is C14H31N3O2S. The number of hydrogen-bond acceptors (Lipinski definition) is 3. The summed E-state index contributed by atoms with van der Waals surface area (Å²) in [5, 5.41) is 0. The summed E-state index contributed by atoms with van der Waals surface area (Å²) in [7, 11) is -1.70. The Labute approximate surface area is 124 Å². The van der Waals surface area contributed by atoms with Gasteiger partial charge in [0, 0.05) is 25.7 Å². The molecule has 20 heavy (non-hydrogen) atoms. The van der Waals surface area contributed by atoms with Gasteiger partial charge in [-0.05, 0) is 39.7 Å². The Morgan fingerprint density at radius 2 is 1.70 bits per heavy atom. The van der Waals surface area contributed by atoms with Gasteiger partial charge in [0.2, 0.25) is 0 Å². The topological polar surface area (TPSA) is 66.6 Å². The summed E-state index contributed by atoms with van der Waals surface area (Å²) < 4.78 is 28.8. The second-order valence-electron chi connectivity index (χ2n) is 6.02. The van der Waals surface area contributed by atoms with Crippen LogP contribution >= 0.6 is 0 Å². The second kappa shape index (κ2) is 8.32. The van der Waals surface area contributed by atoms with E-state index in [1.54, 1.807) is 11.4 Å². The minimum Gasteiger partial charge on any atom is -0.330 e. The van der Waals surface area contributed by atoms with Crippen LogP contribution in [0.3, 0.4) is 0 Å². The lowest BCUT2D eigenvalue weighted by Gasteiger charge is -2.35. The highest BCUT2D eigenvalue weighted by atomic mass is 32.2. The van der Waals surface area contributed by atoms with Crippen molar-refractivity contribution in [3.8, 4) is 0 Å². The molecule has 0 spiro atoms. The molecule has 0 bridgehead atoms. The van der Waals surface area contributed by atoms with Crippen LogP contribution in [0.1, 0.15) is 58.8 Å². The molecule has 1 aliphatic rings. The van der Waals surface area contributed by atoms with E-state index in [0.29, 0.717) is 13.1 Å². The van der Waals surface area contributed by atoms with Crippen LogP contribution in [-0.4, -0.2) is 49.2 Å². The summed E-state index contributed by atoms with van der Waals surface area (Å²) in [5.41, 5.74) is 5.58. The van der Waals surface area contributed by atoms with E-state index >= 15 is 0 Å². The Bertz CT molecular complexity index is 363. The SMILES string of the molecule is CC(C)N(C)S(=O)(=O)N(CCCN)C1CCCCCC1. The van der Waals surface area contributed by atoms with Crippen molar-refractivity contribution in [2.45, 2.75) is 70.9 Å². The number of hydrogen-bond donors (Lipinski definition) is 1. The Morgan fingerprint density at radius 1 is 1.15 bits per heavy atom. The largest absolute Gasteiger partial charge is 0.330 e. The van der Waals surface area contributed by atoms with E-state index in [0.717, 1.165) is 32.1 Å². The highest BCUT2D eigenvalue weighted by Crippen LogP contribution is 2.25. The van der Waals surface area contributed by atoms with Crippen LogP contribution in [0.25, 0.3) is 0 Å². The molecule has 0 saturated heterocycles. The van der Waals surface area contributed by atoms with Crippen molar-refractivity contribution in [1.82, 2.24) is 8.61 Å². The van der Waals surface area contributed by atoms with Gasteiger partial charge in [0.15, 0.2) is 0 Å². The zero-order valence-corrected chi connectivity index (χ0v) is 14.0. The maximum Gasteiger partial charge on any atom is 0.282 e.